The highest BCUT2D eigenvalue weighted by atomic mass is 35.5. The van der Waals surface area contributed by atoms with Crippen molar-refractivity contribution in [2.75, 3.05) is 19.8 Å². The summed E-state index contributed by atoms with van der Waals surface area (Å²) in [6, 6.07) is 2.14. The number of halogens is 1. The van der Waals surface area contributed by atoms with Crippen molar-refractivity contribution in [3.63, 3.8) is 0 Å². The molecule has 0 radical (unpaired) electrons. The number of ether oxygens (including phenoxy) is 1. The monoisotopic (exact) mass is 212 g/mol. The SMILES string of the molecule is Cc1cc(Cl)ncc1C1COCCN1. The lowest BCUT2D eigenvalue weighted by atomic mass is 10.0. The summed E-state index contributed by atoms with van der Waals surface area (Å²) >= 11 is 5.79. The summed E-state index contributed by atoms with van der Waals surface area (Å²) < 4.78 is 5.40. The van der Waals surface area contributed by atoms with E-state index in [1.165, 1.54) is 5.56 Å². The number of nitrogens with zero attached hydrogens (tertiary/aromatic N) is 1. The van der Waals surface area contributed by atoms with Gasteiger partial charge in [0.15, 0.2) is 0 Å². The van der Waals surface area contributed by atoms with Crippen LogP contribution in [0.4, 0.5) is 0 Å². The Morgan fingerprint density at radius 2 is 2.50 bits per heavy atom. The van der Waals surface area contributed by atoms with Crippen molar-refractivity contribution in [1.29, 1.82) is 0 Å². The Kier molecular flexibility index (Phi) is 3.01. The minimum Gasteiger partial charge on any atom is -0.378 e. The number of aromatic nitrogens is 1. The van der Waals surface area contributed by atoms with Gasteiger partial charge >= 0.3 is 0 Å². The fraction of sp³-hybridized carbons (Fsp3) is 0.500. The zero-order chi connectivity index (χ0) is 9.97. The summed E-state index contributed by atoms with van der Waals surface area (Å²) in [4.78, 5) is 4.09. The van der Waals surface area contributed by atoms with E-state index >= 15 is 0 Å². The lowest BCUT2D eigenvalue weighted by Crippen LogP contribution is -2.35. The average molecular weight is 213 g/mol. The summed E-state index contributed by atoms with van der Waals surface area (Å²) in [7, 11) is 0. The van der Waals surface area contributed by atoms with Crippen molar-refractivity contribution >= 4 is 11.6 Å². The smallest absolute Gasteiger partial charge is 0.129 e. The number of pyridine rings is 1. The molecule has 1 fully saturated rings. The Bertz CT molecular complexity index is 324. The zero-order valence-electron chi connectivity index (χ0n) is 8.09. The number of nitrogens with one attached hydrogen (secondary N) is 1. The van der Waals surface area contributed by atoms with E-state index in [1.54, 1.807) is 0 Å². The van der Waals surface area contributed by atoms with E-state index in [4.69, 9.17) is 16.3 Å². The van der Waals surface area contributed by atoms with E-state index in [0.29, 0.717) is 11.8 Å². The molecule has 0 bridgehead atoms. The molecule has 0 aliphatic carbocycles. The molecule has 0 amide bonds. The van der Waals surface area contributed by atoms with Crippen molar-refractivity contribution < 1.29 is 4.74 Å². The molecule has 1 aliphatic heterocycles. The second-order valence-corrected chi connectivity index (χ2v) is 3.83. The molecule has 1 N–H and O–H groups in total. The van der Waals surface area contributed by atoms with E-state index < -0.39 is 0 Å². The molecule has 2 rings (SSSR count). The van der Waals surface area contributed by atoms with Gasteiger partial charge in [-0.2, -0.15) is 0 Å². The van der Waals surface area contributed by atoms with Gasteiger partial charge in [-0.3, -0.25) is 0 Å². The molecular weight excluding hydrogens is 200 g/mol. The molecule has 0 spiro atoms. The summed E-state index contributed by atoms with van der Waals surface area (Å²) in [6.45, 7) is 4.44. The number of hydrogen-bond acceptors (Lipinski definition) is 3. The molecular formula is C10H13ClN2O. The summed E-state index contributed by atoms with van der Waals surface area (Å²) in [5.41, 5.74) is 2.34. The Morgan fingerprint density at radius 3 is 3.14 bits per heavy atom. The fourth-order valence-corrected chi connectivity index (χ4v) is 1.87. The molecule has 1 aliphatic rings. The summed E-state index contributed by atoms with van der Waals surface area (Å²) in [6.07, 6.45) is 1.82. The first-order valence-electron chi connectivity index (χ1n) is 4.70. The molecule has 0 aromatic carbocycles. The molecule has 14 heavy (non-hydrogen) atoms. The zero-order valence-corrected chi connectivity index (χ0v) is 8.84. The molecule has 1 aromatic heterocycles. The molecule has 1 aromatic rings. The van der Waals surface area contributed by atoms with Gasteiger partial charge in [0.1, 0.15) is 5.15 Å². The molecule has 3 nitrogen and oxygen atoms in total. The standard InChI is InChI=1S/C10H13ClN2O/c1-7-4-10(11)13-5-8(7)9-6-14-3-2-12-9/h4-5,9,12H,2-3,6H2,1H3. The molecule has 76 valence electrons. The second-order valence-electron chi connectivity index (χ2n) is 3.45. The van der Waals surface area contributed by atoms with Gasteiger partial charge in [0.2, 0.25) is 0 Å². The Hall–Kier alpha value is -0.640. The van der Waals surface area contributed by atoms with Crippen molar-refractivity contribution in [1.82, 2.24) is 10.3 Å². The highest BCUT2D eigenvalue weighted by Crippen LogP contribution is 2.20. The van der Waals surface area contributed by atoms with Gasteiger partial charge in [0, 0.05) is 12.7 Å². The highest BCUT2D eigenvalue weighted by molar-refractivity contribution is 6.29. The Balaban J connectivity index is 2.22. The lowest BCUT2D eigenvalue weighted by Gasteiger charge is -2.25. The first-order chi connectivity index (χ1) is 6.77. The third-order valence-corrected chi connectivity index (χ3v) is 2.62. The van der Waals surface area contributed by atoms with Gasteiger partial charge in [0.25, 0.3) is 0 Å². The largest absolute Gasteiger partial charge is 0.378 e. The van der Waals surface area contributed by atoms with Crippen molar-refractivity contribution in [2.24, 2.45) is 0 Å². The minimum atomic E-state index is 0.258. The van der Waals surface area contributed by atoms with E-state index in [0.717, 1.165) is 18.7 Å². The van der Waals surface area contributed by atoms with Crippen LogP contribution in [0.25, 0.3) is 0 Å². The van der Waals surface area contributed by atoms with Gasteiger partial charge in [0.05, 0.1) is 19.3 Å². The molecule has 1 unspecified atom stereocenters. The molecule has 2 heterocycles. The number of rotatable bonds is 1. The number of hydrogen-bond donors (Lipinski definition) is 1. The summed E-state index contributed by atoms with van der Waals surface area (Å²) in [5, 5.41) is 3.93. The normalized spacial score (nSPS) is 22.3. The van der Waals surface area contributed by atoms with E-state index in [2.05, 4.69) is 10.3 Å². The van der Waals surface area contributed by atoms with E-state index in [9.17, 15) is 0 Å². The minimum absolute atomic E-state index is 0.258. The maximum atomic E-state index is 5.79. The van der Waals surface area contributed by atoms with Gasteiger partial charge in [-0.15, -0.1) is 0 Å². The van der Waals surface area contributed by atoms with E-state index in [-0.39, 0.29) is 6.04 Å². The number of aryl methyl sites for hydroxylation is 1. The van der Waals surface area contributed by atoms with Crippen LogP contribution in [0.1, 0.15) is 17.2 Å². The van der Waals surface area contributed by atoms with Gasteiger partial charge in [-0.05, 0) is 24.1 Å². The second kappa shape index (κ2) is 4.26. The van der Waals surface area contributed by atoms with Crippen LogP contribution in [0, 0.1) is 6.92 Å². The third kappa shape index (κ3) is 2.05. The molecule has 1 saturated heterocycles. The van der Waals surface area contributed by atoms with Crippen molar-refractivity contribution in [3.8, 4) is 0 Å². The van der Waals surface area contributed by atoms with Gasteiger partial charge < -0.3 is 10.1 Å². The third-order valence-electron chi connectivity index (χ3n) is 2.41. The van der Waals surface area contributed by atoms with Crippen LogP contribution in [0.15, 0.2) is 12.3 Å². The van der Waals surface area contributed by atoms with Crippen molar-refractivity contribution in [2.45, 2.75) is 13.0 Å². The Labute approximate surface area is 88.4 Å². The van der Waals surface area contributed by atoms with Crippen LogP contribution in [-0.2, 0) is 4.74 Å². The van der Waals surface area contributed by atoms with Crippen LogP contribution >= 0.6 is 11.6 Å². The van der Waals surface area contributed by atoms with Gasteiger partial charge in [-0.25, -0.2) is 4.98 Å². The van der Waals surface area contributed by atoms with Crippen LogP contribution in [0.3, 0.4) is 0 Å². The Morgan fingerprint density at radius 1 is 1.64 bits per heavy atom. The quantitative estimate of drug-likeness (QED) is 0.720. The summed E-state index contributed by atoms with van der Waals surface area (Å²) in [5.74, 6) is 0. The average Bonchev–Trinajstić information content (AvgIpc) is 2.19. The maximum Gasteiger partial charge on any atom is 0.129 e. The van der Waals surface area contributed by atoms with Gasteiger partial charge in [-0.1, -0.05) is 11.6 Å². The lowest BCUT2D eigenvalue weighted by molar-refractivity contribution is 0.0766. The maximum absolute atomic E-state index is 5.79. The van der Waals surface area contributed by atoms with Crippen LogP contribution in [0.5, 0.6) is 0 Å². The van der Waals surface area contributed by atoms with Crippen LogP contribution in [-0.4, -0.2) is 24.7 Å². The predicted octanol–water partition coefficient (Wildman–Crippen LogP) is 1.70. The van der Waals surface area contributed by atoms with Crippen molar-refractivity contribution in [3.05, 3.63) is 28.5 Å². The molecule has 1 atom stereocenters. The predicted molar refractivity (Wildman–Crippen MR) is 55.5 cm³/mol. The van der Waals surface area contributed by atoms with E-state index in [1.807, 2.05) is 19.2 Å². The molecule has 4 heteroatoms. The van der Waals surface area contributed by atoms with Crippen LogP contribution in [0.2, 0.25) is 5.15 Å². The topological polar surface area (TPSA) is 34.1 Å². The highest BCUT2D eigenvalue weighted by Gasteiger charge is 2.17. The first-order valence-corrected chi connectivity index (χ1v) is 5.08. The van der Waals surface area contributed by atoms with Crippen LogP contribution < -0.4 is 5.32 Å². The first kappa shape index (κ1) is 9.90. The fourth-order valence-electron chi connectivity index (χ4n) is 1.66. The number of morpholine rings is 1. The molecule has 0 saturated carbocycles.